The fraction of sp³-hybridized carbons (Fsp3) is 0.538. The lowest BCUT2D eigenvalue weighted by Crippen LogP contribution is -2.07. The summed E-state index contributed by atoms with van der Waals surface area (Å²) in [5.74, 6) is 0. The molecule has 0 bridgehead atoms. The molecule has 0 radical (unpaired) electrons. The van der Waals surface area contributed by atoms with Gasteiger partial charge in [0, 0.05) is 6.42 Å². The third kappa shape index (κ3) is 1.57. The molecule has 1 aromatic carbocycles. The van der Waals surface area contributed by atoms with Gasteiger partial charge in [-0.2, -0.15) is 0 Å². The molecule has 1 nitrogen and oxygen atoms in total. The number of ether oxygens (including phenoxy) is 1. The third-order valence-corrected chi connectivity index (χ3v) is 3.34. The Bertz CT molecular complexity index is 339. The van der Waals surface area contributed by atoms with Crippen LogP contribution >= 0.6 is 0 Å². The van der Waals surface area contributed by atoms with Crippen LogP contribution in [0.1, 0.15) is 29.5 Å². The lowest BCUT2D eigenvalue weighted by Gasteiger charge is -2.18. The largest absolute Gasteiger partial charge is 0.373 e. The Hall–Kier alpha value is -0.820. The van der Waals surface area contributed by atoms with Gasteiger partial charge in [-0.1, -0.05) is 18.2 Å². The molecule has 1 unspecified atom stereocenters. The van der Waals surface area contributed by atoms with E-state index in [1.165, 1.54) is 25.7 Å². The highest BCUT2D eigenvalue weighted by molar-refractivity contribution is 5.37. The zero-order valence-electron chi connectivity index (χ0n) is 8.46. The van der Waals surface area contributed by atoms with Crippen LogP contribution in [0.15, 0.2) is 18.2 Å². The summed E-state index contributed by atoms with van der Waals surface area (Å²) in [5.41, 5.74) is 4.77. The molecule has 3 rings (SSSR count). The zero-order valence-corrected chi connectivity index (χ0v) is 8.46. The SMILES string of the molecule is c1cc2c(c(CC3CO3)c1)CCCC2. The van der Waals surface area contributed by atoms with E-state index in [9.17, 15) is 0 Å². The fourth-order valence-electron chi connectivity index (χ4n) is 2.48. The number of hydrogen-bond acceptors (Lipinski definition) is 1. The second-order valence-electron chi connectivity index (χ2n) is 4.42. The van der Waals surface area contributed by atoms with Crippen LogP contribution in [0.5, 0.6) is 0 Å². The Labute approximate surface area is 85.1 Å². The van der Waals surface area contributed by atoms with E-state index in [4.69, 9.17) is 4.74 Å². The van der Waals surface area contributed by atoms with E-state index < -0.39 is 0 Å². The molecular weight excluding hydrogens is 172 g/mol. The van der Waals surface area contributed by atoms with Crippen molar-refractivity contribution in [1.82, 2.24) is 0 Å². The second-order valence-corrected chi connectivity index (χ2v) is 4.42. The van der Waals surface area contributed by atoms with E-state index in [1.54, 1.807) is 16.7 Å². The molecule has 1 aliphatic heterocycles. The number of epoxide rings is 1. The molecule has 1 heterocycles. The van der Waals surface area contributed by atoms with E-state index in [0.717, 1.165) is 13.0 Å². The average molecular weight is 188 g/mol. The molecule has 0 saturated carbocycles. The lowest BCUT2D eigenvalue weighted by molar-refractivity contribution is 0.407. The first kappa shape index (κ1) is 8.49. The van der Waals surface area contributed by atoms with Crippen LogP contribution in [0.2, 0.25) is 0 Å². The van der Waals surface area contributed by atoms with Crippen molar-refractivity contribution >= 4 is 0 Å². The molecule has 74 valence electrons. The van der Waals surface area contributed by atoms with Crippen LogP contribution in [-0.2, 0) is 24.0 Å². The maximum absolute atomic E-state index is 5.30. The van der Waals surface area contributed by atoms with E-state index in [0.29, 0.717) is 6.10 Å². The molecule has 1 aromatic rings. The van der Waals surface area contributed by atoms with E-state index in [-0.39, 0.29) is 0 Å². The first-order chi connectivity index (χ1) is 6.93. The first-order valence-corrected chi connectivity index (χ1v) is 5.65. The van der Waals surface area contributed by atoms with Crippen LogP contribution in [0, 0.1) is 0 Å². The fourth-order valence-corrected chi connectivity index (χ4v) is 2.48. The lowest BCUT2D eigenvalue weighted by atomic mass is 9.87. The molecule has 1 saturated heterocycles. The maximum atomic E-state index is 5.30. The molecule has 1 aliphatic carbocycles. The number of hydrogen-bond donors (Lipinski definition) is 0. The minimum Gasteiger partial charge on any atom is -0.373 e. The number of fused-ring (bicyclic) bond motifs is 1. The third-order valence-electron chi connectivity index (χ3n) is 3.34. The van der Waals surface area contributed by atoms with Crippen molar-refractivity contribution in [2.45, 2.75) is 38.2 Å². The molecule has 0 N–H and O–H groups in total. The summed E-state index contributed by atoms with van der Waals surface area (Å²) < 4.78 is 5.30. The Kier molecular flexibility index (Phi) is 2.06. The number of aryl methyl sites for hydroxylation is 1. The predicted molar refractivity (Wildman–Crippen MR) is 56.5 cm³/mol. The van der Waals surface area contributed by atoms with Crippen LogP contribution < -0.4 is 0 Å². The van der Waals surface area contributed by atoms with Crippen molar-refractivity contribution in [1.29, 1.82) is 0 Å². The van der Waals surface area contributed by atoms with Crippen molar-refractivity contribution in [2.24, 2.45) is 0 Å². The topological polar surface area (TPSA) is 12.5 Å². The van der Waals surface area contributed by atoms with Crippen molar-refractivity contribution in [2.75, 3.05) is 6.61 Å². The molecule has 0 spiro atoms. The Morgan fingerprint density at radius 2 is 2.07 bits per heavy atom. The monoisotopic (exact) mass is 188 g/mol. The minimum absolute atomic E-state index is 0.531. The summed E-state index contributed by atoms with van der Waals surface area (Å²) in [6.07, 6.45) is 6.99. The van der Waals surface area contributed by atoms with Crippen LogP contribution in [0.3, 0.4) is 0 Å². The standard InChI is InChI=1S/C13H16O/c1-2-7-13-10(4-1)5-3-6-11(13)8-12-9-14-12/h3,5-6,12H,1-2,4,7-9H2. The van der Waals surface area contributed by atoms with Gasteiger partial charge in [0.25, 0.3) is 0 Å². The van der Waals surface area contributed by atoms with Crippen LogP contribution in [-0.4, -0.2) is 12.7 Å². The molecule has 14 heavy (non-hydrogen) atoms. The Morgan fingerprint density at radius 1 is 1.21 bits per heavy atom. The van der Waals surface area contributed by atoms with Gasteiger partial charge in [0.1, 0.15) is 0 Å². The predicted octanol–water partition coefficient (Wildman–Crippen LogP) is 2.51. The van der Waals surface area contributed by atoms with Gasteiger partial charge < -0.3 is 4.74 Å². The van der Waals surface area contributed by atoms with Gasteiger partial charge in [-0.3, -0.25) is 0 Å². The normalized spacial score (nSPS) is 24.4. The van der Waals surface area contributed by atoms with E-state index >= 15 is 0 Å². The van der Waals surface area contributed by atoms with E-state index in [2.05, 4.69) is 18.2 Å². The van der Waals surface area contributed by atoms with Gasteiger partial charge in [0.05, 0.1) is 12.7 Å². The van der Waals surface area contributed by atoms with Crippen molar-refractivity contribution < 1.29 is 4.74 Å². The summed E-state index contributed by atoms with van der Waals surface area (Å²) in [5, 5.41) is 0. The van der Waals surface area contributed by atoms with Crippen molar-refractivity contribution in [3.05, 3.63) is 34.9 Å². The van der Waals surface area contributed by atoms with Gasteiger partial charge in [-0.05, 0) is 42.4 Å². The quantitative estimate of drug-likeness (QED) is 0.650. The molecule has 2 aliphatic rings. The summed E-state index contributed by atoms with van der Waals surface area (Å²) in [7, 11) is 0. The minimum atomic E-state index is 0.531. The molecular formula is C13H16O. The summed E-state index contributed by atoms with van der Waals surface area (Å²) in [4.78, 5) is 0. The Balaban J connectivity index is 1.92. The molecule has 1 fully saturated rings. The Morgan fingerprint density at radius 3 is 2.93 bits per heavy atom. The highest BCUT2D eigenvalue weighted by Gasteiger charge is 2.24. The van der Waals surface area contributed by atoms with Gasteiger partial charge >= 0.3 is 0 Å². The summed E-state index contributed by atoms with van der Waals surface area (Å²) in [6.45, 7) is 0.976. The summed E-state index contributed by atoms with van der Waals surface area (Å²) >= 11 is 0. The van der Waals surface area contributed by atoms with Gasteiger partial charge in [0.2, 0.25) is 0 Å². The van der Waals surface area contributed by atoms with Gasteiger partial charge in [0.15, 0.2) is 0 Å². The zero-order chi connectivity index (χ0) is 9.38. The maximum Gasteiger partial charge on any atom is 0.0850 e. The number of rotatable bonds is 2. The van der Waals surface area contributed by atoms with Crippen molar-refractivity contribution in [3.63, 3.8) is 0 Å². The number of benzene rings is 1. The van der Waals surface area contributed by atoms with Gasteiger partial charge in [-0.15, -0.1) is 0 Å². The first-order valence-electron chi connectivity index (χ1n) is 5.65. The van der Waals surface area contributed by atoms with Crippen LogP contribution in [0.25, 0.3) is 0 Å². The second kappa shape index (κ2) is 3.39. The smallest absolute Gasteiger partial charge is 0.0850 e. The molecule has 0 amide bonds. The molecule has 1 atom stereocenters. The highest BCUT2D eigenvalue weighted by atomic mass is 16.6. The van der Waals surface area contributed by atoms with Gasteiger partial charge in [-0.25, -0.2) is 0 Å². The highest BCUT2D eigenvalue weighted by Crippen LogP contribution is 2.27. The summed E-state index contributed by atoms with van der Waals surface area (Å²) in [6, 6.07) is 6.79. The van der Waals surface area contributed by atoms with E-state index in [1.807, 2.05) is 0 Å². The molecule has 0 aromatic heterocycles. The van der Waals surface area contributed by atoms with Crippen LogP contribution in [0.4, 0.5) is 0 Å². The van der Waals surface area contributed by atoms with Crippen molar-refractivity contribution in [3.8, 4) is 0 Å². The molecule has 1 heteroatoms. The average Bonchev–Trinajstić information content (AvgIpc) is 3.03.